The van der Waals surface area contributed by atoms with Crippen LogP contribution in [0.1, 0.15) is 20.4 Å². The highest BCUT2D eigenvalue weighted by molar-refractivity contribution is 7.97. The summed E-state index contributed by atoms with van der Waals surface area (Å²) in [6.45, 7) is 0. The van der Waals surface area contributed by atoms with Crippen molar-refractivity contribution < 1.29 is 9.18 Å². The average Bonchev–Trinajstić information content (AvgIpc) is 2.80. The third-order valence-electron chi connectivity index (χ3n) is 2.12. The van der Waals surface area contributed by atoms with Crippen LogP contribution in [0.3, 0.4) is 0 Å². The minimum absolute atomic E-state index is 0.205. The number of halogens is 1. The molecule has 1 aromatic heterocycles. The summed E-state index contributed by atoms with van der Waals surface area (Å²) in [5.74, 6) is 0.357. The van der Waals surface area contributed by atoms with Crippen molar-refractivity contribution in [1.29, 1.82) is 0 Å². The molecule has 18 heavy (non-hydrogen) atoms. The second kappa shape index (κ2) is 5.92. The highest BCUT2D eigenvalue weighted by Crippen LogP contribution is 2.21. The molecular formula is C11H10FN3OS2. The van der Waals surface area contributed by atoms with Crippen LogP contribution in [0.15, 0.2) is 24.3 Å². The predicted octanol–water partition coefficient (Wildman–Crippen LogP) is 2.21. The van der Waals surface area contributed by atoms with E-state index in [2.05, 4.69) is 10.2 Å². The first-order valence-electron chi connectivity index (χ1n) is 5.10. The summed E-state index contributed by atoms with van der Waals surface area (Å²) < 4.78 is 13.3. The maximum Gasteiger partial charge on any atom is 0.279 e. The quantitative estimate of drug-likeness (QED) is 0.913. The van der Waals surface area contributed by atoms with Gasteiger partial charge in [-0.2, -0.15) is 0 Å². The molecule has 2 rings (SSSR count). The topological polar surface area (TPSA) is 68.9 Å². The number of carbonyl (C=O) groups excluding carboxylic acids is 1. The Morgan fingerprint density at radius 1 is 1.33 bits per heavy atom. The molecule has 1 heterocycles. The van der Waals surface area contributed by atoms with Crippen molar-refractivity contribution in [3.63, 3.8) is 0 Å². The van der Waals surface area contributed by atoms with Crippen molar-refractivity contribution in [3.05, 3.63) is 45.7 Å². The Hall–Kier alpha value is -1.47. The molecule has 0 saturated heterocycles. The van der Waals surface area contributed by atoms with Crippen LogP contribution in [0.2, 0.25) is 0 Å². The van der Waals surface area contributed by atoms with Gasteiger partial charge in [-0.25, -0.2) is 4.39 Å². The second-order valence-corrected chi connectivity index (χ2v) is 5.50. The van der Waals surface area contributed by atoms with Gasteiger partial charge in [0, 0.05) is 11.5 Å². The molecule has 0 aliphatic rings. The number of rotatable bonds is 5. The average molecular weight is 283 g/mol. The van der Waals surface area contributed by atoms with Crippen LogP contribution >= 0.6 is 23.1 Å². The van der Waals surface area contributed by atoms with Crippen LogP contribution in [0.5, 0.6) is 0 Å². The smallest absolute Gasteiger partial charge is 0.279 e. The van der Waals surface area contributed by atoms with Gasteiger partial charge in [0.1, 0.15) is 10.8 Å². The lowest BCUT2D eigenvalue weighted by Crippen LogP contribution is -2.10. The Bertz CT molecular complexity index is 559. The van der Waals surface area contributed by atoms with Crippen LogP contribution < -0.4 is 5.73 Å². The normalized spacial score (nSPS) is 10.5. The summed E-state index contributed by atoms with van der Waals surface area (Å²) in [6, 6.07) is 6.64. The van der Waals surface area contributed by atoms with Gasteiger partial charge in [0.25, 0.3) is 5.91 Å². The standard InChI is InChI=1S/C11H10FN3OS2/c12-8-4-2-1-3-7(8)5-17-6-9-14-15-11(18-9)10(13)16/h1-4H,5-6H2,(H2,13,16). The minimum Gasteiger partial charge on any atom is -0.363 e. The molecule has 0 radical (unpaired) electrons. The second-order valence-electron chi connectivity index (χ2n) is 3.45. The maximum atomic E-state index is 13.3. The van der Waals surface area contributed by atoms with Crippen LogP contribution in [-0.2, 0) is 11.5 Å². The molecule has 0 spiro atoms. The molecule has 2 aromatic rings. The maximum absolute atomic E-state index is 13.3. The Morgan fingerprint density at radius 2 is 2.11 bits per heavy atom. The van der Waals surface area contributed by atoms with E-state index in [4.69, 9.17) is 5.73 Å². The first kappa shape index (κ1) is 13.0. The van der Waals surface area contributed by atoms with Gasteiger partial charge in [-0.15, -0.1) is 22.0 Å². The van der Waals surface area contributed by atoms with Gasteiger partial charge in [0.05, 0.1) is 0 Å². The molecule has 0 aliphatic heterocycles. The number of hydrogen-bond donors (Lipinski definition) is 1. The number of aromatic nitrogens is 2. The zero-order valence-corrected chi connectivity index (χ0v) is 10.9. The van der Waals surface area contributed by atoms with Gasteiger partial charge < -0.3 is 5.73 Å². The fourth-order valence-electron chi connectivity index (χ4n) is 1.28. The van der Waals surface area contributed by atoms with Crippen molar-refractivity contribution >= 4 is 29.0 Å². The summed E-state index contributed by atoms with van der Waals surface area (Å²) in [5.41, 5.74) is 5.73. The van der Waals surface area contributed by atoms with Crippen LogP contribution in [0, 0.1) is 5.82 Å². The lowest BCUT2D eigenvalue weighted by atomic mass is 10.2. The number of amides is 1. The van der Waals surface area contributed by atoms with Gasteiger partial charge in [-0.05, 0) is 11.6 Å². The van der Waals surface area contributed by atoms with Gasteiger partial charge in [-0.3, -0.25) is 4.79 Å². The highest BCUT2D eigenvalue weighted by Gasteiger charge is 2.09. The molecule has 7 heteroatoms. The van der Waals surface area contributed by atoms with Gasteiger partial charge in [-0.1, -0.05) is 29.5 Å². The van der Waals surface area contributed by atoms with E-state index in [9.17, 15) is 9.18 Å². The summed E-state index contributed by atoms with van der Waals surface area (Å²) in [5, 5.41) is 8.43. The van der Waals surface area contributed by atoms with Gasteiger partial charge >= 0.3 is 0 Å². The molecule has 0 unspecified atom stereocenters. The largest absolute Gasteiger partial charge is 0.363 e. The van der Waals surface area contributed by atoms with E-state index in [1.807, 2.05) is 0 Å². The predicted molar refractivity (Wildman–Crippen MR) is 69.8 cm³/mol. The zero-order chi connectivity index (χ0) is 13.0. The molecule has 2 N–H and O–H groups in total. The van der Waals surface area contributed by atoms with Gasteiger partial charge in [0.2, 0.25) is 5.01 Å². The fraction of sp³-hybridized carbons (Fsp3) is 0.182. The van der Waals surface area contributed by atoms with E-state index in [0.29, 0.717) is 22.1 Å². The SMILES string of the molecule is NC(=O)c1nnc(CSCc2ccccc2F)s1. The van der Waals surface area contributed by atoms with E-state index in [1.54, 1.807) is 18.2 Å². The molecule has 94 valence electrons. The van der Waals surface area contributed by atoms with Gasteiger partial charge in [0.15, 0.2) is 0 Å². The van der Waals surface area contributed by atoms with Crippen LogP contribution in [0.25, 0.3) is 0 Å². The Labute approximate surface area is 111 Å². The lowest BCUT2D eigenvalue weighted by molar-refractivity contribution is 0.0999. The van der Waals surface area contributed by atoms with E-state index >= 15 is 0 Å². The molecule has 0 bridgehead atoms. The third-order valence-corrected chi connectivity index (χ3v) is 4.23. The van der Waals surface area contributed by atoms with Crippen molar-refractivity contribution in [2.45, 2.75) is 11.5 Å². The Morgan fingerprint density at radius 3 is 2.78 bits per heavy atom. The number of hydrogen-bond acceptors (Lipinski definition) is 5. The number of primary amides is 1. The molecule has 0 atom stereocenters. The van der Waals surface area contributed by atoms with Crippen LogP contribution in [0.4, 0.5) is 4.39 Å². The van der Waals surface area contributed by atoms with Crippen molar-refractivity contribution in [1.82, 2.24) is 10.2 Å². The van der Waals surface area contributed by atoms with Crippen molar-refractivity contribution in [2.75, 3.05) is 0 Å². The van der Waals surface area contributed by atoms with E-state index in [-0.39, 0.29) is 10.8 Å². The fourth-order valence-corrected chi connectivity index (χ4v) is 3.04. The third kappa shape index (κ3) is 3.27. The monoisotopic (exact) mass is 283 g/mol. The van der Waals surface area contributed by atoms with E-state index in [0.717, 1.165) is 0 Å². The number of nitrogens with two attached hydrogens (primary N) is 1. The summed E-state index contributed by atoms with van der Waals surface area (Å²) >= 11 is 2.68. The number of nitrogens with zero attached hydrogens (tertiary/aromatic N) is 2. The first-order valence-corrected chi connectivity index (χ1v) is 7.07. The Kier molecular flexibility index (Phi) is 4.27. The summed E-state index contributed by atoms with van der Waals surface area (Å²) in [6.07, 6.45) is 0. The number of carbonyl (C=O) groups is 1. The molecule has 1 aromatic carbocycles. The van der Waals surface area contributed by atoms with E-state index in [1.165, 1.54) is 29.2 Å². The number of thioether (sulfide) groups is 1. The zero-order valence-electron chi connectivity index (χ0n) is 9.30. The lowest BCUT2D eigenvalue weighted by Gasteiger charge is -2.00. The molecule has 0 aliphatic carbocycles. The molecular weight excluding hydrogens is 273 g/mol. The van der Waals surface area contributed by atoms with Crippen LogP contribution in [-0.4, -0.2) is 16.1 Å². The molecule has 0 saturated carbocycles. The molecule has 0 fully saturated rings. The highest BCUT2D eigenvalue weighted by atomic mass is 32.2. The van der Waals surface area contributed by atoms with Crippen molar-refractivity contribution in [3.8, 4) is 0 Å². The Balaban J connectivity index is 1.88. The van der Waals surface area contributed by atoms with E-state index < -0.39 is 5.91 Å². The summed E-state index contributed by atoms with van der Waals surface area (Å²) in [4.78, 5) is 10.8. The number of benzene rings is 1. The first-order chi connectivity index (χ1) is 8.66. The minimum atomic E-state index is -0.571. The van der Waals surface area contributed by atoms with Crippen molar-refractivity contribution in [2.24, 2.45) is 5.73 Å². The summed E-state index contributed by atoms with van der Waals surface area (Å²) in [7, 11) is 0. The molecule has 4 nitrogen and oxygen atoms in total. The molecule has 1 amide bonds.